The van der Waals surface area contributed by atoms with Crippen molar-refractivity contribution in [1.29, 1.82) is 0 Å². The smallest absolute Gasteiger partial charge is 0.331 e. The zero-order chi connectivity index (χ0) is 24.5. The highest BCUT2D eigenvalue weighted by molar-refractivity contribution is 6.11. The fourth-order valence-electron chi connectivity index (χ4n) is 3.12. The van der Waals surface area contributed by atoms with E-state index in [9.17, 15) is 22.8 Å². The van der Waals surface area contributed by atoms with Crippen molar-refractivity contribution in [3.05, 3.63) is 66.4 Å². The van der Waals surface area contributed by atoms with Gasteiger partial charge in [0.2, 0.25) is 0 Å². The third-order valence-corrected chi connectivity index (χ3v) is 4.82. The number of fused-ring (bicyclic) bond motifs is 1. The van der Waals surface area contributed by atoms with Crippen LogP contribution in [0, 0.1) is 0 Å². The molecule has 174 valence electrons. The van der Waals surface area contributed by atoms with Crippen LogP contribution in [0.3, 0.4) is 0 Å². The average molecular weight is 469 g/mol. The van der Waals surface area contributed by atoms with Crippen molar-refractivity contribution in [1.82, 2.24) is 25.1 Å². The molecule has 0 spiro atoms. The van der Waals surface area contributed by atoms with Gasteiger partial charge in [-0.05, 0) is 35.9 Å². The number of nitrogens with zero attached hydrogens (tertiary/aromatic N) is 4. The summed E-state index contributed by atoms with van der Waals surface area (Å²) >= 11 is 0. The van der Waals surface area contributed by atoms with Gasteiger partial charge in [0.1, 0.15) is 5.69 Å². The number of amides is 3. The molecule has 0 atom stereocenters. The number of carbonyl (C=O) groups excluding carboxylic acids is 2. The molecule has 1 aromatic carbocycles. The number of halogens is 3. The first kappa shape index (κ1) is 22.7. The molecule has 12 heteroatoms. The maximum atomic E-state index is 12.9. The molecular weight excluding hydrogens is 451 g/mol. The lowest BCUT2D eigenvalue weighted by Gasteiger charge is -2.12. The number of aromatic nitrogens is 4. The molecule has 0 saturated carbocycles. The largest absolute Gasteiger partial charge is 0.433 e. The molecule has 3 aromatic heterocycles. The highest BCUT2D eigenvalue weighted by Crippen LogP contribution is 2.30. The number of carbonyl (C=O) groups is 2. The molecule has 0 radical (unpaired) electrons. The normalized spacial score (nSPS) is 11.3. The molecule has 0 aliphatic carbocycles. The Hall–Kier alpha value is -4.48. The number of urea groups is 1. The standard InChI is InChI=1S/C22H18F3N7O2/c1-32(2)21(34)29-15-7-13(10-26-11-15)12-3-4-17-16(8-12)19(31-30-17)20(33)28-14-5-6-27-18(9-14)22(23,24)25/h3-11H,1-2H3,(H,29,34)(H,30,31)(H,27,28,33). The Morgan fingerprint density at radius 2 is 1.76 bits per heavy atom. The van der Waals surface area contributed by atoms with E-state index in [1.807, 2.05) is 0 Å². The minimum atomic E-state index is -4.64. The van der Waals surface area contributed by atoms with Crippen molar-refractivity contribution in [2.24, 2.45) is 0 Å². The fraction of sp³-hybridized carbons (Fsp3) is 0.136. The molecule has 3 heterocycles. The van der Waals surface area contributed by atoms with Crippen LogP contribution in [0.4, 0.5) is 29.3 Å². The van der Waals surface area contributed by atoms with Crippen molar-refractivity contribution < 1.29 is 22.8 Å². The quantitative estimate of drug-likeness (QED) is 0.410. The van der Waals surface area contributed by atoms with Gasteiger partial charge in [-0.25, -0.2) is 4.79 Å². The molecule has 34 heavy (non-hydrogen) atoms. The molecule has 3 amide bonds. The van der Waals surface area contributed by atoms with E-state index in [-0.39, 0.29) is 17.4 Å². The van der Waals surface area contributed by atoms with E-state index < -0.39 is 17.8 Å². The zero-order valence-corrected chi connectivity index (χ0v) is 17.9. The molecule has 4 rings (SSSR count). The summed E-state index contributed by atoms with van der Waals surface area (Å²) in [6.45, 7) is 0. The molecule has 9 nitrogen and oxygen atoms in total. The van der Waals surface area contributed by atoms with E-state index in [0.717, 1.165) is 12.3 Å². The molecule has 4 aromatic rings. The van der Waals surface area contributed by atoms with Gasteiger partial charge in [0.25, 0.3) is 5.91 Å². The summed E-state index contributed by atoms with van der Waals surface area (Å²) < 4.78 is 38.7. The van der Waals surface area contributed by atoms with Gasteiger partial charge in [-0.15, -0.1) is 0 Å². The number of H-pyrrole nitrogens is 1. The van der Waals surface area contributed by atoms with Crippen LogP contribution in [0.15, 0.2) is 55.0 Å². The van der Waals surface area contributed by atoms with Crippen LogP contribution in [0.1, 0.15) is 16.2 Å². The SMILES string of the molecule is CN(C)C(=O)Nc1cncc(-c2ccc3[nH]nc(C(=O)Nc4ccnc(C(F)(F)F)c4)c3c2)c1. The van der Waals surface area contributed by atoms with Gasteiger partial charge in [-0.2, -0.15) is 18.3 Å². The van der Waals surface area contributed by atoms with E-state index in [2.05, 4.69) is 30.8 Å². The van der Waals surface area contributed by atoms with E-state index in [0.29, 0.717) is 27.7 Å². The Kier molecular flexibility index (Phi) is 5.88. The van der Waals surface area contributed by atoms with Crippen molar-refractivity contribution >= 4 is 34.2 Å². The monoisotopic (exact) mass is 469 g/mol. The van der Waals surface area contributed by atoms with Gasteiger partial charge < -0.3 is 15.5 Å². The number of benzene rings is 1. The second-order valence-corrected chi connectivity index (χ2v) is 7.50. The number of anilines is 2. The highest BCUT2D eigenvalue weighted by Gasteiger charge is 2.32. The molecule has 0 saturated heterocycles. The third kappa shape index (κ3) is 4.80. The Morgan fingerprint density at radius 1 is 0.971 bits per heavy atom. The Labute approximate surface area is 191 Å². The number of alkyl halides is 3. The van der Waals surface area contributed by atoms with Crippen LogP contribution >= 0.6 is 0 Å². The number of hydrogen-bond acceptors (Lipinski definition) is 5. The van der Waals surface area contributed by atoms with Crippen LogP contribution in [0.2, 0.25) is 0 Å². The van der Waals surface area contributed by atoms with E-state index in [1.54, 1.807) is 44.6 Å². The lowest BCUT2D eigenvalue weighted by molar-refractivity contribution is -0.141. The van der Waals surface area contributed by atoms with Crippen molar-refractivity contribution in [3.8, 4) is 11.1 Å². The Balaban J connectivity index is 1.62. The Bertz CT molecular complexity index is 1380. The van der Waals surface area contributed by atoms with Crippen molar-refractivity contribution in [3.63, 3.8) is 0 Å². The minimum absolute atomic E-state index is 0.00671. The van der Waals surface area contributed by atoms with Gasteiger partial charge in [-0.1, -0.05) is 6.07 Å². The first-order chi connectivity index (χ1) is 16.1. The number of hydrogen-bond donors (Lipinski definition) is 3. The van der Waals surface area contributed by atoms with Gasteiger partial charge >= 0.3 is 12.2 Å². The molecule has 0 aliphatic heterocycles. The molecule has 0 bridgehead atoms. The first-order valence-electron chi connectivity index (χ1n) is 9.88. The summed E-state index contributed by atoms with van der Waals surface area (Å²) in [5.41, 5.74) is 1.24. The Morgan fingerprint density at radius 3 is 2.50 bits per heavy atom. The van der Waals surface area contributed by atoms with E-state index >= 15 is 0 Å². The fourth-order valence-corrected chi connectivity index (χ4v) is 3.12. The molecule has 0 fully saturated rings. The van der Waals surface area contributed by atoms with Crippen molar-refractivity contribution in [2.75, 3.05) is 24.7 Å². The van der Waals surface area contributed by atoms with Crippen LogP contribution in [0.25, 0.3) is 22.0 Å². The summed E-state index contributed by atoms with van der Waals surface area (Å²) in [6.07, 6.45) is -0.566. The first-order valence-corrected chi connectivity index (χ1v) is 9.88. The molecule has 0 unspecified atom stereocenters. The van der Waals surface area contributed by atoms with E-state index in [4.69, 9.17) is 0 Å². The minimum Gasteiger partial charge on any atom is -0.331 e. The number of pyridine rings is 2. The van der Waals surface area contributed by atoms with Crippen molar-refractivity contribution in [2.45, 2.75) is 6.18 Å². The van der Waals surface area contributed by atoms with Gasteiger partial charge in [0.05, 0.1) is 17.4 Å². The summed E-state index contributed by atoms with van der Waals surface area (Å²) in [6, 6.07) is 8.63. The summed E-state index contributed by atoms with van der Waals surface area (Å²) in [5, 5.41) is 12.4. The van der Waals surface area contributed by atoms with Gasteiger partial charge in [0, 0.05) is 43.1 Å². The maximum Gasteiger partial charge on any atom is 0.433 e. The molecule has 3 N–H and O–H groups in total. The second-order valence-electron chi connectivity index (χ2n) is 7.50. The topological polar surface area (TPSA) is 116 Å². The lowest BCUT2D eigenvalue weighted by atomic mass is 10.0. The van der Waals surface area contributed by atoms with Crippen LogP contribution < -0.4 is 10.6 Å². The van der Waals surface area contributed by atoms with Gasteiger partial charge in [0.15, 0.2) is 5.69 Å². The second kappa shape index (κ2) is 8.81. The number of nitrogens with one attached hydrogen (secondary N) is 3. The summed E-state index contributed by atoms with van der Waals surface area (Å²) in [7, 11) is 3.23. The number of rotatable bonds is 4. The summed E-state index contributed by atoms with van der Waals surface area (Å²) in [4.78, 5) is 33.5. The maximum absolute atomic E-state index is 12.9. The lowest BCUT2D eigenvalue weighted by Crippen LogP contribution is -2.27. The third-order valence-electron chi connectivity index (χ3n) is 4.82. The summed E-state index contributed by atoms with van der Waals surface area (Å²) in [5.74, 6) is -0.687. The zero-order valence-electron chi connectivity index (χ0n) is 17.9. The van der Waals surface area contributed by atoms with Gasteiger partial charge in [-0.3, -0.25) is 19.9 Å². The predicted molar refractivity (Wildman–Crippen MR) is 119 cm³/mol. The van der Waals surface area contributed by atoms with E-state index in [1.165, 1.54) is 17.2 Å². The molecular formula is C22H18F3N7O2. The average Bonchev–Trinajstić information content (AvgIpc) is 3.22. The van der Waals surface area contributed by atoms with Crippen LogP contribution in [0.5, 0.6) is 0 Å². The number of aromatic amines is 1. The predicted octanol–water partition coefficient (Wildman–Crippen LogP) is 4.38. The van der Waals surface area contributed by atoms with Crippen LogP contribution in [-0.2, 0) is 6.18 Å². The van der Waals surface area contributed by atoms with Crippen LogP contribution in [-0.4, -0.2) is 51.1 Å². The molecule has 0 aliphatic rings. The highest BCUT2D eigenvalue weighted by atomic mass is 19.4.